The predicted octanol–water partition coefficient (Wildman–Crippen LogP) is 5.55. The number of benzene rings is 2. The van der Waals surface area contributed by atoms with E-state index in [2.05, 4.69) is 36.3 Å². The van der Waals surface area contributed by atoms with Crippen LogP contribution >= 0.6 is 11.8 Å². The molecule has 0 radical (unpaired) electrons. The highest BCUT2D eigenvalue weighted by Gasteiger charge is 2.21. The fourth-order valence-electron chi connectivity index (χ4n) is 3.38. The number of thioether (sulfide) groups is 1. The van der Waals surface area contributed by atoms with Gasteiger partial charge in [0.2, 0.25) is 5.91 Å². The van der Waals surface area contributed by atoms with E-state index in [0.29, 0.717) is 27.8 Å². The number of nitrogen functional groups attached to an aromatic ring is 1. The first-order valence-corrected chi connectivity index (χ1v) is 11.5. The minimum Gasteiger partial charge on any atom is -0.383 e. The van der Waals surface area contributed by atoms with Gasteiger partial charge in [0.05, 0.1) is 11.3 Å². The first kappa shape index (κ1) is 23.8. The molecule has 0 aliphatic carbocycles. The molecule has 0 aliphatic heterocycles. The summed E-state index contributed by atoms with van der Waals surface area (Å²) in [6.45, 7) is 8.18. The number of amides is 1. The van der Waals surface area contributed by atoms with Crippen LogP contribution < -0.4 is 11.1 Å². The Morgan fingerprint density at radius 1 is 1.06 bits per heavy atom. The Balaban J connectivity index is 1.91. The van der Waals surface area contributed by atoms with Crippen molar-refractivity contribution in [2.75, 3.05) is 16.8 Å². The van der Waals surface area contributed by atoms with E-state index in [1.165, 1.54) is 0 Å². The number of rotatable bonds is 6. The van der Waals surface area contributed by atoms with E-state index in [-0.39, 0.29) is 28.6 Å². The zero-order valence-corrected chi connectivity index (χ0v) is 19.9. The average Bonchev–Trinajstić information content (AvgIpc) is 2.79. The van der Waals surface area contributed by atoms with Crippen LogP contribution in [-0.2, 0) is 4.79 Å². The van der Waals surface area contributed by atoms with E-state index < -0.39 is 0 Å². The third-order valence-corrected chi connectivity index (χ3v) is 6.39. The molecule has 7 heteroatoms. The van der Waals surface area contributed by atoms with Crippen LogP contribution in [-0.4, -0.2) is 16.6 Å². The molecule has 0 fully saturated rings. The Kier molecular flexibility index (Phi) is 7.37. The Morgan fingerprint density at radius 2 is 1.73 bits per heavy atom. The van der Waals surface area contributed by atoms with Crippen molar-refractivity contribution in [2.45, 2.75) is 38.6 Å². The summed E-state index contributed by atoms with van der Waals surface area (Å²) >= 11 is 1.12. The summed E-state index contributed by atoms with van der Waals surface area (Å²) in [6.07, 6.45) is 0. The van der Waals surface area contributed by atoms with E-state index in [1.807, 2.05) is 56.3 Å². The summed E-state index contributed by atoms with van der Waals surface area (Å²) in [7, 11) is 0. The molecular formula is C26H25N5OS. The van der Waals surface area contributed by atoms with E-state index in [9.17, 15) is 15.3 Å². The highest BCUT2D eigenvalue weighted by atomic mass is 32.2. The average molecular weight is 456 g/mol. The number of hydrogen-bond donors (Lipinski definition) is 2. The highest BCUT2D eigenvalue weighted by molar-refractivity contribution is 8.00. The third kappa shape index (κ3) is 5.34. The van der Waals surface area contributed by atoms with Gasteiger partial charge in [-0.3, -0.25) is 4.79 Å². The molecule has 3 aromatic rings. The minimum absolute atomic E-state index is 0.0384. The van der Waals surface area contributed by atoms with E-state index >= 15 is 0 Å². The molecule has 0 unspecified atom stereocenters. The molecule has 0 spiro atoms. The summed E-state index contributed by atoms with van der Waals surface area (Å²) in [5.74, 6) is 0.219. The number of nitrogens with one attached hydrogen (secondary N) is 1. The first-order valence-electron chi connectivity index (χ1n) is 10.5. The molecule has 1 amide bonds. The largest absolute Gasteiger partial charge is 0.383 e. The standard InChI is InChI=1S/C26H25N5OS/c1-15(2)18-6-8-19(9-7-18)24-21(12-27)25(29)31-26(22(24)13-28)33-14-23(32)30-20-10-5-16(3)17(4)11-20/h5-11,15H,14H2,1-4H3,(H2,29,31)(H,30,32). The number of pyridine rings is 1. The zero-order valence-electron chi connectivity index (χ0n) is 19.1. The van der Waals surface area contributed by atoms with Gasteiger partial charge >= 0.3 is 0 Å². The van der Waals surface area contributed by atoms with Crippen LogP contribution in [0.3, 0.4) is 0 Å². The molecule has 0 saturated heterocycles. The van der Waals surface area contributed by atoms with Crippen LogP contribution in [0.25, 0.3) is 11.1 Å². The Morgan fingerprint density at radius 3 is 2.30 bits per heavy atom. The summed E-state index contributed by atoms with van der Waals surface area (Å²) in [6, 6.07) is 17.7. The van der Waals surface area contributed by atoms with Gasteiger partial charge in [-0.1, -0.05) is 55.9 Å². The fraction of sp³-hybridized carbons (Fsp3) is 0.231. The van der Waals surface area contributed by atoms with E-state index in [0.717, 1.165) is 28.5 Å². The van der Waals surface area contributed by atoms with Crippen molar-refractivity contribution in [3.8, 4) is 23.3 Å². The predicted molar refractivity (Wildman–Crippen MR) is 133 cm³/mol. The number of aromatic nitrogens is 1. The van der Waals surface area contributed by atoms with Gasteiger partial charge in [-0.25, -0.2) is 4.98 Å². The van der Waals surface area contributed by atoms with Crippen molar-refractivity contribution in [3.05, 3.63) is 70.3 Å². The molecule has 0 bridgehead atoms. The summed E-state index contributed by atoms with van der Waals surface area (Å²) in [5, 5.41) is 22.8. The lowest BCUT2D eigenvalue weighted by Crippen LogP contribution is -2.14. The van der Waals surface area contributed by atoms with Crippen molar-refractivity contribution in [1.29, 1.82) is 10.5 Å². The number of nitriles is 2. The fourth-order valence-corrected chi connectivity index (χ4v) is 4.17. The molecular weight excluding hydrogens is 430 g/mol. The lowest BCUT2D eigenvalue weighted by molar-refractivity contribution is -0.113. The molecule has 0 saturated carbocycles. The van der Waals surface area contributed by atoms with Gasteiger partial charge in [0.1, 0.15) is 28.5 Å². The quantitative estimate of drug-likeness (QED) is 0.471. The van der Waals surface area contributed by atoms with Crippen LogP contribution in [0.2, 0.25) is 0 Å². The lowest BCUT2D eigenvalue weighted by Gasteiger charge is -2.14. The molecule has 0 atom stereocenters. The van der Waals surface area contributed by atoms with Crippen molar-refractivity contribution in [1.82, 2.24) is 4.98 Å². The van der Waals surface area contributed by atoms with Crippen molar-refractivity contribution < 1.29 is 4.79 Å². The number of nitrogens with zero attached hydrogens (tertiary/aromatic N) is 3. The summed E-state index contributed by atoms with van der Waals surface area (Å²) in [4.78, 5) is 16.8. The second-order valence-electron chi connectivity index (χ2n) is 8.06. The minimum atomic E-state index is -0.222. The number of carbonyl (C=O) groups is 1. The lowest BCUT2D eigenvalue weighted by atomic mass is 9.94. The maximum Gasteiger partial charge on any atom is 0.234 e. The number of hydrogen-bond acceptors (Lipinski definition) is 6. The molecule has 33 heavy (non-hydrogen) atoms. The maximum absolute atomic E-state index is 12.5. The van der Waals surface area contributed by atoms with Crippen molar-refractivity contribution in [2.24, 2.45) is 0 Å². The molecule has 6 nitrogen and oxygen atoms in total. The van der Waals surface area contributed by atoms with Gasteiger partial charge in [0.15, 0.2) is 0 Å². The third-order valence-electron chi connectivity index (χ3n) is 5.41. The first-order chi connectivity index (χ1) is 15.7. The molecule has 3 rings (SSSR count). The van der Waals surface area contributed by atoms with Gasteiger partial charge in [-0.2, -0.15) is 10.5 Å². The molecule has 3 N–H and O–H groups in total. The van der Waals surface area contributed by atoms with Crippen LogP contribution in [0, 0.1) is 36.5 Å². The van der Waals surface area contributed by atoms with Crippen molar-refractivity contribution in [3.63, 3.8) is 0 Å². The Labute approximate surface area is 198 Å². The SMILES string of the molecule is Cc1ccc(NC(=O)CSc2nc(N)c(C#N)c(-c3ccc(C(C)C)cc3)c2C#N)cc1C. The molecule has 1 aromatic heterocycles. The van der Waals surface area contributed by atoms with Crippen LogP contribution in [0.5, 0.6) is 0 Å². The van der Waals surface area contributed by atoms with Crippen LogP contribution in [0.4, 0.5) is 11.5 Å². The zero-order chi connectivity index (χ0) is 24.1. The number of nitrogens with two attached hydrogens (primary N) is 1. The normalized spacial score (nSPS) is 10.5. The number of aryl methyl sites for hydroxylation is 2. The number of anilines is 2. The smallest absolute Gasteiger partial charge is 0.234 e. The number of carbonyl (C=O) groups excluding carboxylic acids is 1. The van der Waals surface area contributed by atoms with Gasteiger partial charge in [-0.15, -0.1) is 0 Å². The Hall–Kier alpha value is -3.81. The second kappa shape index (κ2) is 10.2. The molecule has 0 aliphatic rings. The van der Waals surface area contributed by atoms with Gasteiger partial charge < -0.3 is 11.1 Å². The van der Waals surface area contributed by atoms with E-state index in [4.69, 9.17) is 5.73 Å². The van der Waals surface area contributed by atoms with Crippen molar-refractivity contribution >= 4 is 29.2 Å². The summed E-state index contributed by atoms with van der Waals surface area (Å²) in [5.41, 5.74) is 11.7. The monoisotopic (exact) mass is 455 g/mol. The van der Waals surface area contributed by atoms with Crippen LogP contribution in [0.15, 0.2) is 47.5 Å². The van der Waals surface area contributed by atoms with E-state index in [1.54, 1.807) is 0 Å². The summed E-state index contributed by atoms with van der Waals surface area (Å²) < 4.78 is 0. The van der Waals surface area contributed by atoms with Gasteiger partial charge in [0, 0.05) is 11.3 Å². The highest BCUT2D eigenvalue weighted by Crippen LogP contribution is 2.36. The Bertz CT molecular complexity index is 1280. The topological polar surface area (TPSA) is 116 Å². The molecule has 1 heterocycles. The maximum atomic E-state index is 12.5. The van der Waals surface area contributed by atoms with Gasteiger partial charge in [-0.05, 0) is 54.2 Å². The van der Waals surface area contributed by atoms with Gasteiger partial charge in [0.25, 0.3) is 0 Å². The molecule has 166 valence electrons. The molecule has 2 aromatic carbocycles. The second-order valence-corrected chi connectivity index (χ2v) is 9.03. The van der Waals surface area contributed by atoms with Crippen LogP contribution in [0.1, 0.15) is 47.6 Å².